The van der Waals surface area contributed by atoms with Crippen molar-refractivity contribution in [2.75, 3.05) is 13.6 Å². The first-order valence-corrected chi connectivity index (χ1v) is 8.77. The summed E-state index contributed by atoms with van der Waals surface area (Å²) in [5.41, 5.74) is -1.46. The topological polar surface area (TPSA) is 114 Å². The fourth-order valence-electron chi connectivity index (χ4n) is 1.21. The zero-order valence-corrected chi connectivity index (χ0v) is 15.4. The SMILES string of the molecule is CC(=O)OCOP(=O)(OCOC(C)=O)C(=O)Oc1ccc(Cl)cc1Cl. The molecule has 0 spiro atoms. The van der Waals surface area contributed by atoms with Crippen LogP contribution in [0.2, 0.25) is 10.0 Å². The molecule has 0 bridgehead atoms. The number of halogens is 2. The van der Waals surface area contributed by atoms with Crippen LogP contribution in [-0.2, 0) is 32.7 Å². The Hall–Kier alpha value is -1.64. The molecule has 0 fully saturated rings. The van der Waals surface area contributed by atoms with Gasteiger partial charge in [-0.2, -0.15) is 0 Å². The molecule has 0 aliphatic heterocycles. The molecule has 0 saturated heterocycles. The minimum atomic E-state index is -4.63. The normalized spacial score (nSPS) is 10.9. The van der Waals surface area contributed by atoms with Crippen molar-refractivity contribution in [2.24, 2.45) is 0 Å². The number of hydrogen-bond acceptors (Lipinski definition) is 9. The molecule has 0 aromatic heterocycles. The van der Waals surface area contributed by atoms with E-state index in [2.05, 4.69) is 18.5 Å². The number of hydrogen-bond donors (Lipinski definition) is 0. The average Bonchev–Trinajstić information content (AvgIpc) is 2.49. The smallest absolute Gasteiger partial charge is 0.438 e. The fraction of sp³-hybridized carbons (Fsp3) is 0.308. The molecule has 12 heteroatoms. The minimum absolute atomic E-state index is 0.0348. The molecule has 0 unspecified atom stereocenters. The highest BCUT2D eigenvalue weighted by Crippen LogP contribution is 2.50. The van der Waals surface area contributed by atoms with E-state index in [-0.39, 0.29) is 15.8 Å². The molecule has 0 N–H and O–H groups in total. The molecule has 25 heavy (non-hydrogen) atoms. The van der Waals surface area contributed by atoms with Gasteiger partial charge < -0.3 is 14.2 Å². The van der Waals surface area contributed by atoms with Crippen LogP contribution in [0.1, 0.15) is 13.8 Å². The van der Waals surface area contributed by atoms with E-state index in [0.717, 1.165) is 13.8 Å². The predicted octanol–water partition coefficient (Wildman–Crippen LogP) is 3.76. The van der Waals surface area contributed by atoms with Gasteiger partial charge in [-0.3, -0.25) is 18.6 Å². The van der Waals surface area contributed by atoms with Crippen molar-refractivity contribution in [1.82, 2.24) is 0 Å². The first-order valence-electron chi connectivity index (χ1n) is 6.47. The molecular weight excluding hydrogens is 402 g/mol. The highest BCUT2D eigenvalue weighted by molar-refractivity contribution is 7.71. The standard InChI is InChI=1S/C13H13Cl2O9P/c1-8(16)20-6-22-25(19,23-7-21-9(2)17)13(18)24-12-4-3-10(14)5-11(12)15/h3-5H,6-7H2,1-2H3. The van der Waals surface area contributed by atoms with Crippen LogP contribution in [-0.4, -0.2) is 31.2 Å². The molecule has 1 aromatic carbocycles. The number of carbonyl (C=O) groups excluding carboxylic acids is 3. The molecule has 138 valence electrons. The third-order valence-corrected chi connectivity index (χ3v) is 4.24. The summed E-state index contributed by atoms with van der Waals surface area (Å²) in [5.74, 6) is -1.66. The molecule has 0 aliphatic carbocycles. The number of esters is 2. The largest absolute Gasteiger partial charge is 0.444 e. The van der Waals surface area contributed by atoms with Crippen LogP contribution in [0.4, 0.5) is 4.79 Å². The Kier molecular flexibility index (Phi) is 8.34. The minimum Gasteiger partial charge on any atom is -0.438 e. The fourth-order valence-corrected chi connectivity index (χ4v) is 2.53. The number of rotatable bonds is 8. The Morgan fingerprint density at radius 3 is 1.96 bits per heavy atom. The number of carbonyl (C=O) groups is 3. The van der Waals surface area contributed by atoms with Gasteiger partial charge in [0.25, 0.3) is 0 Å². The second-order valence-corrected chi connectivity index (χ2v) is 6.93. The molecule has 0 saturated carbocycles. The Bertz CT molecular complexity index is 683. The summed E-state index contributed by atoms with van der Waals surface area (Å²) < 4.78 is 35.6. The number of benzene rings is 1. The van der Waals surface area contributed by atoms with Crippen LogP contribution in [0, 0.1) is 0 Å². The Labute approximate surface area is 152 Å². The van der Waals surface area contributed by atoms with Crippen molar-refractivity contribution in [1.29, 1.82) is 0 Å². The van der Waals surface area contributed by atoms with Gasteiger partial charge in [-0.25, -0.2) is 9.36 Å². The second-order valence-electron chi connectivity index (χ2n) is 4.21. The van der Waals surface area contributed by atoms with Gasteiger partial charge in [-0.1, -0.05) is 23.2 Å². The van der Waals surface area contributed by atoms with Crippen molar-refractivity contribution in [3.63, 3.8) is 0 Å². The van der Waals surface area contributed by atoms with Crippen molar-refractivity contribution in [2.45, 2.75) is 13.8 Å². The quantitative estimate of drug-likeness (QED) is 0.356. The summed E-state index contributed by atoms with van der Waals surface area (Å²) in [6, 6.07) is 3.92. The van der Waals surface area contributed by atoms with Crippen LogP contribution in [0.15, 0.2) is 18.2 Å². The molecule has 1 aromatic rings. The van der Waals surface area contributed by atoms with Gasteiger partial charge in [0.1, 0.15) is 5.75 Å². The predicted molar refractivity (Wildman–Crippen MR) is 85.5 cm³/mol. The Morgan fingerprint density at radius 1 is 1.00 bits per heavy atom. The van der Waals surface area contributed by atoms with E-state index in [4.69, 9.17) is 27.9 Å². The van der Waals surface area contributed by atoms with E-state index in [9.17, 15) is 18.9 Å². The van der Waals surface area contributed by atoms with Crippen LogP contribution < -0.4 is 4.74 Å². The molecule has 0 radical (unpaired) electrons. The van der Waals surface area contributed by atoms with Gasteiger partial charge in [-0.15, -0.1) is 0 Å². The molecule has 0 aliphatic rings. The van der Waals surface area contributed by atoms with E-state index in [1.54, 1.807) is 0 Å². The van der Waals surface area contributed by atoms with Crippen molar-refractivity contribution >= 4 is 48.4 Å². The van der Waals surface area contributed by atoms with Crippen molar-refractivity contribution < 1.29 is 42.2 Å². The summed E-state index contributed by atoms with van der Waals surface area (Å²) >= 11 is 11.6. The van der Waals surface area contributed by atoms with Crippen molar-refractivity contribution in [3.05, 3.63) is 28.2 Å². The maximum absolute atomic E-state index is 12.5. The molecule has 0 atom stereocenters. The van der Waals surface area contributed by atoms with Crippen molar-refractivity contribution in [3.8, 4) is 5.75 Å². The third kappa shape index (κ3) is 7.41. The summed E-state index contributed by atoms with van der Waals surface area (Å²) in [6.07, 6.45) is 0. The lowest BCUT2D eigenvalue weighted by Crippen LogP contribution is -2.16. The highest BCUT2D eigenvalue weighted by Gasteiger charge is 2.39. The van der Waals surface area contributed by atoms with Crippen LogP contribution in [0.5, 0.6) is 5.75 Å². The third-order valence-electron chi connectivity index (χ3n) is 2.28. The van der Waals surface area contributed by atoms with Gasteiger partial charge >= 0.3 is 25.2 Å². The Balaban J connectivity index is 2.87. The van der Waals surface area contributed by atoms with E-state index in [0.29, 0.717) is 0 Å². The summed E-state index contributed by atoms with van der Waals surface area (Å²) in [4.78, 5) is 33.6. The van der Waals surface area contributed by atoms with Gasteiger partial charge in [0.05, 0.1) is 5.02 Å². The first-order chi connectivity index (χ1) is 11.6. The molecular formula is C13H13Cl2O9P. The van der Waals surface area contributed by atoms with Gasteiger partial charge in [0.15, 0.2) is 0 Å². The second kappa shape index (κ2) is 9.74. The lowest BCUT2D eigenvalue weighted by Gasteiger charge is -2.16. The average molecular weight is 415 g/mol. The summed E-state index contributed by atoms with van der Waals surface area (Å²) in [7, 11) is -4.63. The Morgan fingerprint density at radius 2 is 1.52 bits per heavy atom. The zero-order valence-electron chi connectivity index (χ0n) is 13.0. The molecule has 0 heterocycles. The van der Waals surface area contributed by atoms with Gasteiger partial charge in [0.2, 0.25) is 13.6 Å². The maximum Gasteiger partial charge on any atom is 0.444 e. The van der Waals surface area contributed by atoms with Gasteiger partial charge in [0, 0.05) is 18.9 Å². The van der Waals surface area contributed by atoms with E-state index < -0.39 is 38.8 Å². The maximum atomic E-state index is 12.5. The lowest BCUT2D eigenvalue weighted by atomic mass is 10.3. The lowest BCUT2D eigenvalue weighted by molar-refractivity contribution is -0.149. The van der Waals surface area contributed by atoms with Crippen LogP contribution >= 0.6 is 30.8 Å². The van der Waals surface area contributed by atoms with Gasteiger partial charge in [-0.05, 0) is 18.2 Å². The zero-order chi connectivity index (χ0) is 19.0. The summed E-state index contributed by atoms with van der Waals surface area (Å²) in [5, 5.41) is 0.248. The van der Waals surface area contributed by atoms with E-state index in [1.165, 1.54) is 18.2 Å². The van der Waals surface area contributed by atoms with E-state index >= 15 is 0 Å². The molecule has 9 nitrogen and oxygen atoms in total. The molecule has 1 rings (SSSR count). The van der Waals surface area contributed by atoms with Crippen LogP contribution in [0.25, 0.3) is 0 Å². The van der Waals surface area contributed by atoms with E-state index in [1.807, 2.05) is 0 Å². The molecule has 0 amide bonds. The monoisotopic (exact) mass is 414 g/mol. The number of ether oxygens (including phenoxy) is 3. The van der Waals surface area contributed by atoms with Crippen LogP contribution in [0.3, 0.4) is 0 Å². The summed E-state index contributed by atoms with van der Waals surface area (Å²) in [6.45, 7) is 0.436. The highest BCUT2D eigenvalue weighted by atomic mass is 35.5. The first kappa shape index (κ1) is 21.4.